The molecule has 0 atom stereocenters. The third kappa shape index (κ3) is 1.35. The van der Waals surface area contributed by atoms with Crippen LogP contribution in [0.3, 0.4) is 0 Å². The smallest absolute Gasteiger partial charge is 0.0467 e. The van der Waals surface area contributed by atoms with Crippen molar-refractivity contribution in [3.05, 3.63) is 35.5 Å². The third-order valence-corrected chi connectivity index (χ3v) is 1.53. The van der Waals surface area contributed by atoms with E-state index in [0.29, 0.717) is 0 Å². The summed E-state index contributed by atoms with van der Waals surface area (Å²) in [7, 11) is 0. The van der Waals surface area contributed by atoms with E-state index >= 15 is 0 Å². The molecule has 0 aliphatic heterocycles. The largest absolute Gasteiger partial charge is 0.260 e. The highest BCUT2D eigenvalue weighted by molar-refractivity contribution is 5.27. The van der Waals surface area contributed by atoms with Crippen LogP contribution in [0, 0.1) is 20.3 Å². The number of aryl methyl sites for hydroxylation is 2. The summed E-state index contributed by atoms with van der Waals surface area (Å²) in [6.07, 6.45) is 3.91. The van der Waals surface area contributed by atoms with Crippen LogP contribution in [0.5, 0.6) is 0 Å². The van der Waals surface area contributed by atoms with Gasteiger partial charge in [-0.05, 0) is 25.0 Å². The van der Waals surface area contributed by atoms with Crippen LogP contribution in [-0.2, 0) is 0 Å². The molecular weight excluding hydrogens is 122 g/mol. The second-order valence-corrected chi connectivity index (χ2v) is 2.50. The zero-order valence-corrected chi connectivity index (χ0v) is 6.68. The van der Waals surface area contributed by atoms with Crippen LogP contribution in [0.2, 0.25) is 0 Å². The van der Waals surface area contributed by atoms with Crippen LogP contribution >= 0.6 is 0 Å². The quantitative estimate of drug-likeness (QED) is 0.574. The summed E-state index contributed by atoms with van der Waals surface area (Å²) in [5, 5.41) is 0. The van der Waals surface area contributed by atoms with Gasteiger partial charge in [-0.3, -0.25) is 4.98 Å². The van der Waals surface area contributed by atoms with Gasteiger partial charge in [0.25, 0.3) is 0 Å². The molecule has 0 spiro atoms. The first-order chi connectivity index (χ1) is 4.74. The molecule has 0 saturated heterocycles. The average Bonchev–Trinajstić information content (AvgIpc) is 1.88. The highest BCUT2D eigenvalue weighted by Gasteiger charge is 1.95. The highest BCUT2D eigenvalue weighted by Crippen LogP contribution is 2.07. The van der Waals surface area contributed by atoms with Crippen molar-refractivity contribution < 1.29 is 0 Å². The van der Waals surface area contributed by atoms with Crippen molar-refractivity contribution in [2.75, 3.05) is 0 Å². The Kier molecular flexibility index (Phi) is 2.05. The Hall–Kier alpha value is -0.850. The molecule has 0 bridgehead atoms. The molecule has 0 unspecified atom stereocenters. The molecule has 0 aliphatic carbocycles. The van der Waals surface area contributed by atoms with Crippen molar-refractivity contribution in [2.24, 2.45) is 0 Å². The topological polar surface area (TPSA) is 12.9 Å². The van der Waals surface area contributed by atoms with Crippen LogP contribution in [0.1, 0.15) is 23.7 Å². The van der Waals surface area contributed by atoms with E-state index in [0.717, 1.165) is 5.69 Å². The van der Waals surface area contributed by atoms with Crippen molar-refractivity contribution >= 4 is 0 Å². The average molecular weight is 134 g/mol. The van der Waals surface area contributed by atoms with Gasteiger partial charge in [0.1, 0.15) is 0 Å². The summed E-state index contributed by atoms with van der Waals surface area (Å²) >= 11 is 0. The lowest BCUT2D eigenvalue weighted by atomic mass is 10.1. The minimum atomic E-state index is 1.09. The molecule has 1 aromatic rings. The van der Waals surface area contributed by atoms with Crippen LogP contribution in [0.15, 0.2) is 12.3 Å². The van der Waals surface area contributed by atoms with E-state index in [9.17, 15) is 0 Å². The SMILES string of the molecule is C[CH]c1ncc(C)cc1C. The molecule has 1 rings (SSSR count). The molecule has 0 amide bonds. The molecule has 10 heavy (non-hydrogen) atoms. The fourth-order valence-corrected chi connectivity index (χ4v) is 1.03. The Labute approximate surface area is 62.1 Å². The van der Waals surface area contributed by atoms with Crippen LogP contribution in [0.25, 0.3) is 0 Å². The molecule has 0 aliphatic rings. The first-order valence-corrected chi connectivity index (χ1v) is 3.46. The first-order valence-electron chi connectivity index (χ1n) is 3.46. The lowest BCUT2D eigenvalue weighted by Gasteiger charge is -2.00. The second kappa shape index (κ2) is 2.82. The van der Waals surface area contributed by atoms with Gasteiger partial charge in [-0.25, -0.2) is 0 Å². The summed E-state index contributed by atoms with van der Waals surface area (Å²) in [6, 6.07) is 2.14. The molecule has 0 aromatic carbocycles. The number of hydrogen-bond donors (Lipinski definition) is 0. The number of aromatic nitrogens is 1. The zero-order chi connectivity index (χ0) is 7.56. The Morgan fingerprint density at radius 2 is 2.10 bits per heavy atom. The first kappa shape index (κ1) is 7.26. The van der Waals surface area contributed by atoms with E-state index < -0.39 is 0 Å². The molecule has 53 valence electrons. The van der Waals surface area contributed by atoms with E-state index in [1.807, 2.05) is 19.5 Å². The molecule has 0 N–H and O–H groups in total. The van der Waals surface area contributed by atoms with E-state index in [2.05, 4.69) is 24.9 Å². The molecule has 1 nitrogen and oxygen atoms in total. The minimum absolute atomic E-state index is 1.09. The fourth-order valence-electron chi connectivity index (χ4n) is 1.03. The van der Waals surface area contributed by atoms with Crippen molar-refractivity contribution in [3.8, 4) is 0 Å². The summed E-state index contributed by atoms with van der Waals surface area (Å²) in [5.74, 6) is 0. The molecular formula is C9H12N. The van der Waals surface area contributed by atoms with Gasteiger partial charge in [0.05, 0.1) is 0 Å². The van der Waals surface area contributed by atoms with E-state index in [1.165, 1.54) is 11.1 Å². The molecule has 1 aromatic heterocycles. The van der Waals surface area contributed by atoms with Crippen molar-refractivity contribution in [1.82, 2.24) is 4.98 Å². The normalized spacial score (nSPS) is 9.90. The zero-order valence-electron chi connectivity index (χ0n) is 6.68. The molecule has 0 saturated carbocycles. The maximum Gasteiger partial charge on any atom is 0.0467 e. The van der Waals surface area contributed by atoms with Crippen LogP contribution in [-0.4, -0.2) is 4.98 Å². The maximum absolute atomic E-state index is 4.24. The van der Waals surface area contributed by atoms with Crippen molar-refractivity contribution in [1.29, 1.82) is 0 Å². The van der Waals surface area contributed by atoms with Crippen LogP contribution < -0.4 is 0 Å². The van der Waals surface area contributed by atoms with Gasteiger partial charge < -0.3 is 0 Å². The molecule has 1 heteroatoms. The lowest BCUT2D eigenvalue weighted by molar-refractivity contribution is 1.13. The van der Waals surface area contributed by atoms with Gasteiger partial charge in [0.2, 0.25) is 0 Å². The summed E-state index contributed by atoms with van der Waals surface area (Å²) in [4.78, 5) is 4.24. The van der Waals surface area contributed by atoms with Gasteiger partial charge in [-0.2, -0.15) is 0 Å². The standard InChI is InChI=1S/C9H12N/c1-4-9-8(3)5-7(2)6-10-9/h4-6H,1-3H3. The molecule has 1 radical (unpaired) electrons. The van der Waals surface area contributed by atoms with Gasteiger partial charge in [0.15, 0.2) is 0 Å². The molecule has 0 fully saturated rings. The number of hydrogen-bond acceptors (Lipinski definition) is 1. The molecule has 1 heterocycles. The van der Waals surface area contributed by atoms with Crippen LogP contribution in [0.4, 0.5) is 0 Å². The van der Waals surface area contributed by atoms with E-state index in [-0.39, 0.29) is 0 Å². The van der Waals surface area contributed by atoms with E-state index in [1.54, 1.807) is 0 Å². The van der Waals surface area contributed by atoms with E-state index in [4.69, 9.17) is 0 Å². The van der Waals surface area contributed by atoms with Crippen molar-refractivity contribution in [2.45, 2.75) is 20.8 Å². The number of nitrogens with zero attached hydrogens (tertiary/aromatic N) is 1. The Bertz CT molecular complexity index is 228. The van der Waals surface area contributed by atoms with Gasteiger partial charge in [0, 0.05) is 18.3 Å². The van der Waals surface area contributed by atoms with Gasteiger partial charge in [-0.15, -0.1) is 0 Å². The summed E-state index contributed by atoms with van der Waals surface area (Å²) < 4.78 is 0. The summed E-state index contributed by atoms with van der Waals surface area (Å²) in [6.45, 7) is 6.14. The Balaban J connectivity index is 3.07. The predicted octanol–water partition coefficient (Wildman–Crippen LogP) is 2.27. The monoisotopic (exact) mass is 134 g/mol. The predicted molar refractivity (Wildman–Crippen MR) is 42.8 cm³/mol. The van der Waals surface area contributed by atoms with Crippen molar-refractivity contribution in [3.63, 3.8) is 0 Å². The summed E-state index contributed by atoms with van der Waals surface area (Å²) in [5.41, 5.74) is 3.57. The van der Waals surface area contributed by atoms with Gasteiger partial charge >= 0.3 is 0 Å². The fraction of sp³-hybridized carbons (Fsp3) is 0.333. The lowest BCUT2D eigenvalue weighted by Crippen LogP contribution is -1.89. The maximum atomic E-state index is 4.24. The second-order valence-electron chi connectivity index (χ2n) is 2.50. The number of pyridine rings is 1. The van der Waals surface area contributed by atoms with Gasteiger partial charge in [-0.1, -0.05) is 13.0 Å². The minimum Gasteiger partial charge on any atom is -0.260 e. The third-order valence-electron chi connectivity index (χ3n) is 1.53. The number of rotatable bonds is 1. The Morgan fingerprint density at radius 1 is 1.40 bits per heavy atom. The highest BCUT2D eigenvalue weighted by atomic mass is 14.7. The Morgan fingerprint density at radius 3 is 2.60 bits per heavy atom.